The summed E-state index contributed by atoms with van der Waals surface area (Å²) in [6.45, 7) is 5.05. The van der Waals surface area contributed by atoms with Crippen molar-refractivity contribution in [3.8, 4) is 5.75 Å². The molecule has 0 saturated carbocycles. The predicted octanol–water partition coefficient (Wildman–Crippen LogP) is 0.359. The van der Waals surface area contributed by atoms with Crippen molar-refractivity contribution in [2.24, 2.45) is 21.1 Å². The van der Waals surface area contributed by atoms with Crippen molar-refractivity contribution in [1.82, 2.24) is 23.2 Å². The summed E-state index contributed by atoms with van der Waals surface area (Å²) in [6.07, 6.45) is 0.522. The fraction of sp³-hybridized carbons (Fsp3) is 0.455. The monoisotopic (exact) mass is 441 g/mol. The number of pyridine rings is 1. The quantitative estimate of drug-likeness (QED) is 0.569. The van der Waals surface area contributed by atoms with Crippen molar-refractivity contribution in [2.75, 3.05) is 13.1 Å². The first-order valence-corrected chi connectivity index (χ1v) is 10.6. The number of fused-ring (bicyclic) bond motifs is 1. The van der Waals surface area contributed by atoms with Gasteiger partial charge in [-0.05, 0) is 25.5 Å². The van der Waals surface area contributed by atoms with Crippen molar-refractivity contribution < 1.29 is 9.53 Å². The molecule has 4 rings (SSSR count). The molecule has 0 spiro atoms. The Morgan fingerprint density at radius 1 is 1.03 bits per heavy atom. The molecule has 0 radical (unpaired) electrons. The Morgan fingerprint density at radius 3 is 2.34 bits per heavy atom. The van der Waals surface area contributed by atoms with Crippen LogP contribution in [0.4, 0.5) is 0 Å². The lowest BCUT2D eigenvalue weighted by Gasteiger charge is -2.39. The lowest BCUT2D eigenvalue weighted by atomic mass is 10.1. The molecule has 0 atom stereocenters. The van der Waals surface area contributed by atoms with E-state index in [0.717, 1.165) is 16.7 Å². The number of aryl methyl sites for hydroxylation is 3. The standard InChI is InChI=1S/C22H27N5O5/c1-6-7-27-17(10-16-19(27)24(4)22(31)25(5)20(16)29)21(30)26-11-15(12-26)32-14-8-13(2)23(3)18(28)9-14/h8-10,15H,6-7,11-12H2,1-5H3. The highest BCUT2D eigenvalue weighted by molar-refractivity contribution is 5.98. The Bertz CT molecular complexity index is 1400. The molecule has 1 saturated heterocycles. The first-order valence-electron chi connectivity index (χ1n) is 10.6. The number of carbonyl (C=O) groups excluding carboxylic acids is 1. The van der Waals surface area contributed by atoms with E-state index < -0.39 is 11.2 Å². The van der Waals surface area contributed by atoms with Crippen LogP contribution in [0.1, 0.15) is 29.5 Å². The van der Waals surface area contributed by atoms with E-state index in [4.69, 9.17) is 4.74 Å². The van der Waals surface area contributed by atoms with E-state index in [1.807, 2.05) is 13.8 Å². The van der Waals surface area contributed by atoms with Gasteiger partial charge in [0.15, 0.2) is 0 Å². The maximum Gasteiger partial charge on any atom is 0.332 e. The molecule has 0 aliphatic carbocycles. The van der Waals surface area contributed by atoms with Gasteiger partial charge in [-0.25, -0.2) is 4.79 Å². The Hall–Kier alpha value is -3.56. The van der Waals surface area contributed by atoms with Gasteiger partial charge in [-0.3, -0.25) is 23.5 Å². The van der Waals surface area contributed by atoms with E-state index in [0.29, 0.717) is 42.1 Å². The Balaban J connectivity index is 1.60. The summed E-state index contributed by atoms with van der Waals surface area (Å²) in [5, 5.41) is 0.343. The Labute approximate surface area is 183 Å². The van der Waals surface area contributed by atoms with Gasteiger partial charge >= 0.3 is 5.69 Å². The number of ether oxygens (including phenoxy) is 1. The first kappa shape index (κ1) is 21.7. The maximum absolute atomic E-state index is 13.2. The number of hydrogen-bond donors (Lipinski definition) is 0. The first-order chi connectivity index (χ1) is 15.1. The van der Waals surface area contributed by atoms with Gasteiger partial charge < -0.3 is 18.8 Å². The smallest absolute Gasteiger partial charge is 0.332 e. The number of carbonyl (C=O) groups is 1. The van der Waals surface area contributed by atoms with Crippen LogP contribution >= 0.6 is 0 Å². The van der Waals surface area contributed by atoms with Crippen molar-refractivity contribution in [1.29, 1.82) is 0 Å². The number of amides is 1. The van der Waals surface area contributed by atoms with E-state index in [9.17, 15) is 19.2 Å². The molecule has 32 heavy (non-hydrogen) atoms. The summed E-state index contributed by atoms with van der Waals surface area (Å²) in [7, 11) is 4.73. The Kier molecular flexibility index (Phi) is 5.31. The average molecular weight is 441 g/mol. The van der Waals surface area contributed by atoms with Crippen molar-refractivity contribution >= 4 is 16.9 Å². The van der Waals surface area contributed by atoms with Crippen LogP contribution in [0.2, 0.25) is 0 Å². The lowest BCUT2D eigenvalue weighted by molar-refractivity contribution is 0.0169. The fourth-order valence-electron chi connectivity index (χ4n) is 4.11. The van der Waals surface area contributed by atoms with Gasteiger partial charge in [0.2, 0.25) is 0 Å². The number of likely N-dealkylation sites (tertiary alicyclic amines) is 1. The van der Waals surface area contributed by atoms with Crippen LogP contribution in [0.25, 0.3) is 11.0 Å². The fourth-order valence-corrected chi connectivity index (χ4v) is 4.11. The van der Waals surface area contributed by atoms with Crippen molar-refractivity contribution in [3.63, 3.8) is 0 Å². The summed E-state index contributed by atoms with van der Waals surface area (Å²) >= 11 is 0. The SMILES string of the molecule is CCCn1c(C(=O)N2CC(Oc3cc(C)n(C)c(=O)c3)C2)cc2c(=O)n(C)c(=O)n(C)c21. The van der Waals surface area contributed by atoms with Gasteiger partial charge in [0.05, 0.1) is 18.5 Å². The molecular weight excluding hydrogens is 414 g/mol. The molecule has 3 aromatic heterocycles. The lowest BCUT2D eigenvalue weighted by Crippen LogP contribution is -2.56. The van der Waals surface area contributed by atoms with Gasteiger partial charge in [0.1, 0.15) is 23.2 Å². The minimum absolute atomic E-state index is 0.150. The molecule has 1 aliphatic rings. The van der Waals surface area contributed by atoms with Gasteiger partial charge in [-0.2, -0.15) is 0 Å². The largest absolute Gasteiger partial charge is 0.486 e. The Morgan fingerprint density at radius 2 is 1.72 bits per heavy atom. The number of hydrogen-bond acceptors (Lipinski definition) is 5. The molecule has 0 bridgehead atoms. The van der Waals surface area contributed by atoms with Crippen LogP contribution in [0.3, 0.4) is 0 Å². The second kappa shape index (κ2) is 7.85. The highest BCUT2D eigenvalue weighted by atomic mass is 16.5. The number of rotatable bonds is 5. The van der Waals surface area contributed by atoms with Gasteiger partial charge in [0, 0.05) is 39.4 Å². The molecule has 1 aliphatic heterocycles. The molecule has 0 aromatic carbocycles. The summed E-state index contributed by atoms with van der Waals surface area (Å²) in [5.41, 5.74) is 0.617. The predicted molar refractivity (Wildman–Crippen MR) is 119 cm³/mol. The number of aromatic nitrogens is 4. The minimum atomic E-state index is -0.432. The van der Waals surface area contributed by atoms with E-state index in [1.54, 1.807) is 35.7 Å². The zero-order chi connectivity index (χ0) is 23.3. The molecule has 1 fully saturated rings. The van der Waals surface area contributed by atoms with Gasteiger partial charge in [-0.1, -0.05) is 6.92 Å². The van der Waals surface area contributed by atoms with Crippen LogP contribution in [0.5, 0.6) is 5.75 Å². The van der Waals surface area contributed by atoms with Crippen LogP contribution < -0.4 is 21.5 Å². The third kappa shape index (κ3) is 3.35. The van der Waals surface area contributed by atoms with Crippen LogP contribution in [0, 0.1) is 6.92 Å². The molecule has 0 unspecified atom stereocenters. The molecule has 3 aromatic rings. The van der Waals surface area contributed by atoms with E-state index in [1.165, 1.54) is 22.2 Å². The summed E-state index contributed by atoms with van der Waals surface area (Å²) in [6, 6.07) is 4.81. The third-order valence-corrected chi connectivity index (χ3v) is 6.08. The summed E-state index contributed by atoms with van der Waals surface area (Å²) < 4.78 is 11.6. The molecular formula is C22H27N5O5. The molecule has 170 valence electrons. The van der Waals surface area contributed by atoms with Crippen molar-refractivity contribution in [3.05, 3.63) is 60.8 Å². The maximum atomic E-state index is 13.2. The van der Waals surface area contributed by atoms with Crippen LogP contribution in [0.15, 0.2) is 32.6 Å². The molecule has 0 N–H and O–H groups in total. The normalized spacial score (nSPS) is 14.1. The second-order valence-corrected chi connectivity index (χ2v) is 8.30. The summed E-state index contributed by atoms with van der Waals surface area (Å²) in [5.74, 6) is 0.269. The average Bonchev–Trinajstić information content (AvgIpc) is 3.10. The van der Waals surface area contributed by atoms with Crippen LogP contribution in [-0.4, -0.2) is 48.3 Å². The van der Waals surface area contributed by atoms with Gasteiger partial charge in [0.25, 0.3) is 17.0 Å². The molecule has 1 amide bonds. The number of nitrogens with zero attached hydrogens (tertiary/aromatic N) is 5. The molecule has 10 heteroatoms. The highest BCUT2D eigenvalue weighted by Crippen LogP contribution is 2.23. The highest BCUT2D eigenvalue weighted by Gasteiger charge is 2.35. The third-order valence-electron chi connectivity index (χ3n) is 6.08. The van der Waals surface area contributed by atoms with Gasteiger partial charge in [-0.15, -0.1) is 0 Å². The minimum Gasteiger partial charge on any atom is -0.486 e. The second-order valence-electron chi connectivity index (χ2n) is 8.30. The zero-order valence-electron chi connectivity index (χ0n) is 18.9. The van der Waals surface area contributed by atoms with E-state index >= 15 is 0 Å². The topological polar surface area (TPSA) is 100 Å². The van der Waals surface area contributed by atoms with E-state index in [2.05, 4.69) is 0 Å². The van der Waals surface area contributed by atoms with E-state index in [-0.39, 0.29) is 17.6 Å². The zero-order valence-corrected chi connectivity index (χ0v) is 18.9. The van der Waals surface area contributed by atoms with Crippen molar-refractivity contribution in [2.45, 2.75) is 32.9 Å². The molecule has 10 nitrogen and oxygen atoms in total. The molecule has 4 heterocycles. The van der Waals surface area contributed by atoms with Crippen LogP contribution in [-0.2, 0) is 27.7 Å². The summed E-state index contributed by atoms with van der Waals surface area (Å²) in [4.78, 5) is 51.9.